The molecule has 1 aromatic heterocycles. The van der Waals surface area contributed by atoms with E-state index >= 15 is 0 Å². The maximum absolute atomic E-state index is 13.4. The van der Waals surface area contributed by atoms with E-state index in [1.54, 1.807) is 18.2 Å². The van der Waals surface area contributed by atoms with E-state index in [2.05, 4.69) is 42.1 Å². The predicted octanol–water partition coefficient (Wildman–Crippen LogP) is 3.74. The van der Waals surface area contributed by atoms with Crippen LogP contribution in [0.2, 0.25) is 0 Å². The van der Waals surface area contributed by atoms with Gasteiger partial charge >= 0.3 is 0 Å². The van der Waals surface area contributed by atoms with Gasteiger partial charge in [0.2, 0.25) is 0 Å². The summed E-state index contributed by atoms with van der Waals surface area (Å²) in [6.07, 6.45) is 0. The Morgan fingerprint density at radius 1 is 1.21 bits per heavy atom. The van der Waals surface area contributed by atoms with E-state index in [0.717, 1.165) is 9.08 Å². The number of aromatic amines is 1. The molecule has 2 rings (SSSR count). The largest absolute Gasteiger partial charge is 0.271 e. The minimum Gasteiger partial charge on any atom is -0.271 e. The van der Waals surface area contributed by atoms with Gasteiger partial charge in [0.25, 0.3) is 0 Å². The molecule has 0 radical (unpaired) electrons. The zero-order valence-corrected chi connectivity index (χ0v) is 10.1. The lowest BCUT2D eigenvalue weighted by Crippen LogP contribution is -1.84. The van der Waals surface area contributed by atoms with Gasteiger partial charge in [0.15, 0.2) is 0 Å². The Balaban J connectivity index is 2.55. The first kappa shape index (κ1) is 9.86. The van der Waals surface area contributed by atoms with Crippen molar-refractivity contribution in [2.24, 2.45) is 0 Å². The monoisotopic (exact) mass is 318 g/mol. The summed E-state index contributed by atoms with van der Waals surface area (Å²) in [5.41, 5.74) is 1.05. The summed E-state index contributed by atoms with van der Waals surface area (Å²) >= 11 is 6.50. The number of halogens is 3. The van der Waals surface area contributed by atoms with E-state index in [1.807, 2.05) is 0 Å². The van der Waals surface area contributed by atoms with Crippen LogP contribution in [0.4, 0.5) is 4.39 Å². The van der Waals surface area contributed by atoms with E-state index in [1.165, 1.54) is 6.07 Å². The molecule has 0 fully saturated rings. The number of hydrogen-bond donors (Lipinski definition) is 1. The number of nitrogens with one attached hydrogen (secondary N) is 1. The van der Waals surface area contributed by atoms with Crippen LogP contribution < -0.4 is 0 Å². The summed E-state index contributed by atoms with van der Waals surface area (Å²) < 4.78 is 14.9. The van der Waals surface area contributed by atoms with Crippen molar-refractivity contribution in [3.8, 4) is 11.3 Å². The molecular weight excluding hydrogens is 315 g/mol. The first-order valence-electron chi connectivity index (χ1n) is 3.83. The summed E-state index contributed by atoms with van der Waals surface area (Å²) in [6, 6.07) is 6.48. The van der Waals surface area contributed by atoms with Crippen LogP contribution in [-0.2, 0) is 0 Å². The number of H-pyrrole nitrogens is 1. The van der Waals surface area contributed by atoms with Gasteiger partial charge in [0.1, 0.15) is 10.4 Å². The van der Waals surface area contributed by atoms with Gasteiger partial charge in [-0.1, -0.05) is 15.9 Å². The molecule has 72 valence electrons. The Morgan fingerprint density at radius 2 is 2.00 bits per heavy atom. The highest BCUT2D eigenvalue weighted by Gasteiger charge is 2.08. The molecule has 0 aliphatic heterocycles. The summed E-state index contributed by atoms with van der Waals surface area (Å²) in [4.78, 5) is 0. The maximum atomic E-state index is 13.4. The van der Waals surface area contributed by atoms with Crippen molar-refractivity contribution in [3.05, 3.63) is 39.2 Å². The van der Waals surface area contributed by atoms with Crippen LogP contribution in [0, 0.1) is 5.82 Å². The normalized spacial score (nSPS) is 10.5. The number of aromatic nitrogens is 2. The van der Waals surface area contributed by atoms with Crippen molar-refractivity contribution in [2.45, 2.75) is 0 Å². The third-order valence-corrected chi connectivity index (χ3v) is 2.65. The van der Waals surface area contributed by atoms with Crippen LogP contribution in [0.5, 0.6) is 0 Å². The first-order chi connectivity index (χ1) is 6.66. The molecule has 0 aliphatic carbocycles. The highest BCUT2D eigenvalue weighted by Crippen LogP contribution is 2.26. The zero-order chi connectivity index (χ0) is 10.1. The molecule has 0 saturated carbocycles. The van der Waals surface area contributed by atoms with E-state index in [0.29, 0.717) is 11.3 Å². The van der Waals surface area contributed by atoms with Gasteiger partial charge in [-0.05, 0) is 40.2 Å². The molecule has 0 atom stereocenters. The highest BCUT2D eigenvalue weighted by atomic mass is 79.9. The molecular formula is C9H5Br2FN2. The molecule has 2 aromatic rings. The smallest absolute Gasteiger partial charge is 0.132 e. The second-order valence-corrected chi connectivity index (χ2v) is 4.50. The fraction of sp³-hybridized carbons (Fsp3) is 0. The van der Waals surface area contributed by atoms with Crippen LogP contribution in [0.15, 0.2) is 33.3 Å². The number of hydrogen-bond acceptors (Lipinski definition) is 1. The van der Waals surface area contributed by atoms with Gasteiger partial charge < -0.3 is 0 Å². The Hall–Kier alpha value is -0.680. The number of nitrogens with zero attached hydrogens (tertiary/aromatic N) is 1. The van der Waals surface area contributed by atoms with Gasteiger partial charge in [-0.2, -0.15) is 5.10 Å². The summed E-state index contributed by atoms with van der Waals surface area (Å²) in [6.45, 7) is 0. The number of benzene rings is 1. The molecule has 0 spiro atoms. The predicted molar refractivity (Wildman–Crippen MR) is 59.4 cm³/mol. The second-order valence-electron chi connectivity index (χ2n) is 2.73. The molecule has 0 amide bonds. The third-order valence-electron chi connectivity index (χ3n) is 1.75. The average Bonchev–Trinajstić information content (AvgIpc) is 2.56. The van der Waals surface area contributed by atoms with Crippen molar-refractivity contribution in [1.82, 2.24) is 10.2 Å². The summed E-state index contributed by atoms with van der Waals surface area (Å²) in [7, 11) is 0. The molecule has 14 heavy (non-hydrogen) atoms. The Morgan fingerprint density at radius 3 is 2.64 bits per heavy atom. The lowest BCUT2D eigenvalue weighted by Gasteiger charge is -1.98. The fourth-order valence-corrected chi connectivity index (χ4v) is 1.80. The van der Waals surface area contributed by atoms with Gasteiger partial charge in [-0.15, -0.1) is 0 Å². The minimum absolute atomic E-state index is 0.285. The molecule has 1 heterocycles. The van der Waals surface area contributed by atoms with Crippen molar-refractivity contribution in [2.75, 3.05) is 0 Å². The molecule has 0 saturated heterocycles. The fourth-order valence-electron chi connectivity index (χ4n) is 1.13. The van der Waals surface area contributed by atoms with Gasteiger partial charge in [0.05, 0.1) is 5.69 Å². The second kappa shape index (κ2) is 3.82. The van der Waals surface area contributed by atoms with Crippen LogP contribution >= 0.6 is 31.9 Å². The third kappa shape index (κ3) is 1.88. The Labute approximate surface area is 96.8 Å². The standard InChI is InChI=1S/C9H5Br2FN2/c10-5-1-2-7(12)6(3-5)8-4-9(11)14-13-8/h1-4H,(H,13,14). The maximum Gasteiger partial charge on any atom is 0.132 e. The van der Waals surface area contributed by atoms with E-state index in [-0.39, 0.29) is 5.82 Å². The molecule has 5 heteroatoms. The van der Waals surface area contributed by atoms with Gasteiger partial charge in [0, 0.05) is 10.0 Å². The van der Waals surface area contributed by atoms with Gasteiger partial charge in [-0.25, -0.2) is 4.39 Å². The van der Waals surface area contributed by atoms with Crippen LogP contribution in [0.25, 0.3) is 11.3 Å². The molecule has 0 bridgehead atoms. The lowest BCUT2D eigenvalue weighted by atomic mass is 10.1. The minimum atomic E-state index is -0.285. The molecule has 1 aromatic carbocycles. The van der Waals surface area contributed by atoms with Crippen LogP contribution in [-0.4, -0.2) is 10.2 Å². The van der Waals surface area contributed by atoms with Crippen molar-refractivity contribution < 1.29 is 4.39 Å². The molecule has 1 N–H and O–H groups in total. The van der Waals surface area contributed by atoms with E-state index in [9.17, 15) is 4.39 Å². The quantitative estimate of drug-likeness (QED) is 0.852. The van der Waals surface area contributed by atoms with Crippen LogP contribution in [0.3, 0.4) is 0 Å². The lowest BCUT2D eigenvalue weighted by molar-refractivity contribution is 0.630. The Bertz CT molecular complexity index is 468. The highest BCUT2D eigenvalue weighted by molar-refractivity contribution is 9.10. The van der Waals surface area contributed by atoms with Crippen molar-refractivity contribution in [1.29, 1.82) is 0 Å². The summed E-state index contributed by atoms with van der Waals surface area (Å²) in [5.74, 6) is -0.285. The van der Waals surface area contributed by atoms with Crippen molar-refractivity contribution in [3.63, 3.8) is 0 Å². The van der Waals surface area contributed by atoms with Crippen molar-refractivity contribution >= 4 is 31.9 Å². The van der Waals surface area contributed by atoms with E-state index in [4.69, 9.17) is 0 Å². The van der Waals surface area contributed by atoms with E-state index < -0.39 is 0 Å². The first-order valence-corrected chi connectivity index (χ1v) is 5.42. The number of rotatable bonds is 1. The average molecular weight is 320 g/mol. The SMILES string of the molecule is Fc1ccc(Br)cc1-c1cc(Br)[nH]n1. The van der Waals surface area contributed by atoms with Gasteiger partial charge in [-0.3, -0.25) is 5.10 Å². The molecule has 0 unspecified atom stereocenters. The molecule has 2 nitrogen and oxygen atoms in total. The Kier molecular flexibility index (Phi) is 2.69. The zero-order valence-electron chi connectivity index (χ0n) is 6.89. The topological polar surface area (TPSA) is 28.7 Å². The summed E-state index contributed by atoms with van der Waals surface area (Å²) in [5, 5.41) is 6.65. The molecule has 0 aliphatic rings. The van der Waals surface area contributed by atoms with Crippen LogP contribution in [0.1, 0.15) is 0 Å².